The Bertz CT molecular complexity index is 1420. The lowest BCUT2D eigenvalue weighted by Gasteiger charge is -2.32. The summed E-state index contributed by atoms with van der Waals surface area (Å²) in [4.78, 5) is 87.1. The van der Waals surface area contributed by atoms with E-state index in [2.05, 4.69) is 31.2 Å². The molecule has 0 spiro atoms. The second-order valence-electron chi connectivity index (χ2n) is 11.8. The van der Waals surface area contributed by atoms with E-state index in [1.807, 2.05) is 0 Å². The van der Waals surface area contributed by atoms with Crippen LogP contribution in [0.1, 0.15) is 57.9 Å². The third-order valence-electron chi connectivity index (χ3n) is 7.63. The van der Waals surface area contributed by atoms with E-state index in [1.165, 1.54) is 30.6 Å². The van der Waals surface area contributed by atoms with Gasteiger partial charge < -0.3 is 35.1 Å². The van der Waals surface area contributed by atoms with Crippen LogP contribution in [0, 0.1) is 11.8 Å². The quantitative estimate of drug-likeness (QED) is 0.218. The van der Waals surface area contributed by atoms with Gasteiger partial charge in [0.2, 0.25) is 17.7 Å². The van der Waals surface area contributed by atoms with Crippen molar-refractivity contribution in [2.24, 2.45) is 11.8 Å². The molecule has 4 N–H and O–H groups in total. The molecule has 0 aliphatic carbocycles. The van der Waals surface area contributed by atoms with Crippen molar-refractivity contribution in [2.45, 2.75) is 77.7 Å². The Morgan fingerprint density at radius 3 is 2.34 bits per heavy atom. The number of ether oxygens (including phenoxy) is 2. The average molecular weight is 654 g/mol. The molecule has 15 nitrogen and oxygen atoms in total. The second kappa shape index (κ2) is 17.0. The van der Waals surface area contributed by atoms with Crippen LogP contribution in [-0.4, -0.2) is 94.8 Å². The molecule has 1 aliphatic heterocycles. The van der Waals surface area contributed by atoms with Crippen LogP contribution in [0.15, 0.2) is 42.9 Å². The molecular weight excluding hydrogens is 610 g/mol. The smallest absolute Gasteiger partial charge is 0.411 e. The SMILES string of the molecule is CC[C@@H](C=O)NC(=O)[C@@H]1C[C@@H](OC(=O)Nc2cccc(OC)c2)CN1C(=O)[C@@H](NC(=O)[C@@H](NC(=O)c1cnccn1)C(C)C)C(C)C. The van der Waals surface area contributed by atoms with Crippen molar-refractivity contribution < 1.29 is 38.2 Å². The number of aromatic nitrogens is 2. The van der Waals surface area contributed by atoms with Crippen molar-refractivity contribution in [3.8, 4) is 5.75 Å². The van der Waals surface area contributed by atoms with Crippen LogP contribution in [0.2, 0.25) is 0 Å². The summed E-state index contributed by atoms with van der Waals surface area (Å²) in [5.74, 6) is -2.68. The van der Waals surface area contributed by atoms with Crippen molar-refractivity contribution in [1.29, 1.82) is 0 Å². The first-order valence-corrected chi connectivity index (χ1v) is 15.4. The topological polar surface area (TPSA) is 198 Å². The Morgan fingerprint density at radius 1 is 1.02 bits per heavy atom. The number of aldehydes is 1. The van der Waals surface area contributed by atoms with Gasteiger partial charge in [0.1, 0.15) is 42.0 Å². The van der Waals surface area contributed by atoms with Crippen LogP contribution in [0.3, 0.4) is 0 Å². The van der Waals surface area contributed by atoms with Crippen LogP contribution >= 0.6 is 0 Å². The molecular formula is C32H43N7O8. The zero-order chi connectivity index (χ0) is 34.7. The lowest BCUT2D eigenvalue weighted by molar-refractivity contribution is -0.143. The van der Waals surface area contributed by atoms with Crippen molar-refractivity contribution in [3.05, 3.63) is 48.5 Å². The summed E-state index contributed by atoms with van der Waals surface area (Å²) in [6.45, 7) is 8.52. The summed E-state index contributed by atoms with van der Waals surface area (Å²) in [6, 6.07) is 2.64. The lowest BCUT2D eigenvalue weighted by atomic mass is 9.98. The highest BCUT2D eigenvalue weighted by Crippen LogP contribution is 2.25. The molecule has 47 heavy (non-hydrogen) atoms. The van der Waals surface area contributed by atoms with Crippen LogP contribution in [0.25, 0.3) is 0 Å². The summed E-state index contributed by atoms with van der Waals surface area (Å²) in [5, 5.41) is 10.6. The molecule has 5 atom stereocenters. The van der Waals surface area contributed by atoms with Gasteiger partial charge in [-0.05, 0) is 30.4 Å². The Morgan fingerprint density at radius 2 is 1.74 bits per heavy atom. The van der Waals surface area contributed by atoms with Crippen molar-refractivity contribution in [3.63, 3.8) is 0 Å². The van der Waals surface area contributed by atoms with Gasteiger partial charge in [-0.2, -0.15) is 0 Å². The monoisotopic (exact) mass is 653 g/mol. The number of nitrogens with zero attached hydrogens (tertiary/aromatic N) is 3. The first kappa shape index (κ1) is 36.4. The fourth-order valence-corrected chi connectivity index (χ4v) is 4.99. The van der Waals surface area contributed by atoms with Crippen molar-refractivity contribution >= 4 is 41.7 Å². The van der Waals surface area contributed by atoms with Gasteiger partial charge in [0, 0.05) is 30.6 Å². The van der Waals surface area contributed by atoms with Gasteiger partial charge in [-0.3, -0.25) is 29.5 Å². The molecule has 0 bridgehead atoms. The highest BCUT2D eigenvalue weighted by Gasteiger charge is 2.45. The molecule has 1 fully saturated rings. The number of hydrogen-bond donors (Lipinski definition) is 4. The average Bonchev–Trinajstić information content (AvgIpc) is 3.48. The third-order valence-corrected chi connectivity index (χ3v) is 7.63. The maximum absolute atomic E-state index is 14.1. The molecule has 2 heterocycles. The lowest BCUT2D eigenvalue weighted by Crippen LogP contribution is -2.59. The molecule has 0 radical (unpaired) electrons. The number of rotatable bonds is 14. The van der Waals surface area contributed by atoms with Gasteiger partial charge in [0.05, 0.1) is 25.9 Å². The summed E-state index contributed by atoms with van der Waals surface area (Å²) in [6.07, 6.45) is 3.25. The number of amides is 5. The van der Waals surface area contributed by atoms with Crippen molar-refractivity contribution in [1.82, 2.24) is 30.8 Å². The fourth-order valence-electron chi connectivity index (χ4n) is 4.99. The molecule has 1 saturated heterocycles. The minimum Gasteiger partial charge on any atom is -0.497 e. The molecule has 5 amide bonds. The first-order valence-electron chi connectivity index (χ1n) is 15.4. The number of likely N-dealkylation sites (tertiary alicyclic amines) is 1. The number of benzene rings is 1. The van der Waals surface area contributed by atoms with E-state index in [9.17, 15) is 28.8 Å². The Labute approximate surface area is 273 Å². The van der Waals surface area contributed by atoms with Gasteiger partial charge in [-0.25, -0.2) is 9.78 Å². The Hall–Kier alpha value is -5.08. The third kappa shape index (κ3) is 9.95. The summed E-state index contributed by atoms with van der Waals surface area (Å²) < 4.78 is 10.8. The predicted molar refractivity (Wildman–Crippen MR) is 170 cm³/mol. The molecule has 1 aliphatic rings. The molecule has 2 aromatic rings. The van der Waals surface area contributed by atoms with E-state index in [0.29, 0.717) is 24.1 Å². The van der Waals surface area contributed by atoms with Crippen LogP contribution < -0.4 is 26.0 Å². The number of anilines is 1. The molecule has 0 saturated carbocycles. The van der Waals surface area contributed by atoms with Gasteiger partial charge >= 0.3 is 6.09 Å². The molecule has 1 aromatic carbocycles. The maximum Gasteiger partial charge on any atom is 0.411 e. The number of nitrogens with one attached hydrogen (secondary N) is 4. The molecule has 254 valence electrons. The van der Waals surface area contributed by atoms with Crippen LogP contribution in [-0.2, 0) is 23.9 Å². The summed E-state index contributed by atoms with van der Waals surface area (Å²) >= 11 is 0. The molecule has 0 unspecified atom stereocenters. The van der Waals surface area contributed by atoms with E-state index >= 15 is 0 Å². The minimum atomic E-state index is -1.11. The molecule has 15 heteroatoms. The molecule has 1 aromatic heterocycles. The van der Waals surface area contributed by atoms with E-state index in [1.54, 1.807) is 58.9 Å². The predicted octanol–water partition coefficient (Wildman–Crippen LogP) is 1.69. The molecule has 3 rings (SSSR count). The standard InChI is InChI=1S/C32H43N7O8/c1-7-20(17-40)35-29(42)25-14-23(47-32(45)36-21-9-8-10-22(13-21)46-6)16-39(25)31(44)27(19(4)5)38-30(43)26(18(2)3)37-28(41)24-15-33-11-12-34-24/h8-13,15,17-20,23,25-27H,7,14,16H2,1-6H3,(H,35,42)(H,36,45)(H,37,41)(H,38,43)/t20-,23+,25-,26-,27-/m0/s1. The summed E-state index contributed by atoms with van der Waals surface area (Å²) in [5.41, 5.74) is 0.440. The zero-order valence-electron chi connectivity index (χ0n) is 27.4. The Balaban J connectivity index is 1.80. The minimum absolute atomic E-state index is 0.0237. The van der Waals surface area contributed by atoms with Gasteiger partial charge in [-0.1, -0.05) is 40.7 Å². The van der Waals surface area contributed by atoms with E-state index in [0.717, 1.165) is 0 Å². The van der Waals surface area contributed by atoms with Crippen LogP contribution in [0.5, 0.6) is 5.75 Å². The summed E-state index contributed by atoms with van der Waals surface area (Å²) in [7, 11) is 1.49. The first-order chi connectivity index (χ1) is 22.4. The normalized spacial score (nSPS) is 17.7. The van der Waals surface area contributed by atoms with E-state index in [4.69, 9.17) is 9.47 Å². The van der Waals surface area contributed by atoms with E-state index in [-0.39, 0.29) is 24.6 Å². The highest BCUT2D eigenvalue weighted by atomic mass is 16.6. The number of hydrogen-bond acceptors (Lipinski definition) is 10. The number of carbonyl (C=O) groups excluding carboxylic acids is 6. The fraction of sp³-hybridized carbons (Fsp3) is 0.500. The van der Waals surface area contributed by atoms with Crippen LogP contribution in [0.4, 0.5) is 10.5 Å². The van der Waals surface area contributed by atoms with Gasteiger partial charge in [-0.15, -0.1) is 0 Å². The number of methoxy groups -OCH3 is 1. The highest BCUT2D eigenvalue weighted by molar-refractivity contribution is 5.98. The Kier molecular flexibility index (Phi) is 13.2. The largest absolute Gasteiger partial charge is 0.497 e. The number of carbonyl (C=O) groups is 6. The van der Waals surface area contributed by atoms with Crippen molar-refractivity contribution in [2.75, 3.05) is 19.0 Å². The van der Waals surface area contributed by atoms with Gasteiger partial charge in [0.15, 0.2) is 0 Å². The van der Waals surface area contributed by atoms with E-state index < -0.39 is 65.9 Å². The zero-order valence-corrected chi connectivity index (χ0v) is 27.4. The second-order valence-corrected chi connectivity index (χ2v) is 11.8. The van der Waals surface area contributed by atoms with Gasteiger partial charge in [0.25, 0.3) is 5.91 Å². The maximum atomic E-state index is 14.1.